The quantitative estimate of drug-likeness (QED) is 0.619. The van der Waals surface area contributed by atoms with E-state index in [2.05, 4.69) is 15.0 Å². The molecule has 0 atom stereocenters. The van der Waals surface area contributed by atoms with E-state index in [1.54, 1.807) is 42.9 Å². The number of rotatable bonds is 7. The summed E-state index contributed by atoms with van der Waals surface area (Å²) in [5.41, 5.74) is 2.36. The van der Waals surface area contributed by atoms with E-state index in [0.717, 1.165) is 23.3 Å². The van der Waals surface area contributed by atoms with Gasteiger partial charge < -0.3 is 9.64 Å². The van der Waals surface area contributed by atoms with Gasteiger partial charge >= 0.3 is 0 Å². The van der Waals surface area contributed by atoms with Crippen molar-refractivity contribution in [2.45, 2.75) is 0 Å². The number of aldehydes is 1. The zero-order valence-corrected chi connectivity index (χ0v) is 13.9. The van der Waals surface area contributed by atoms with Gasteiger partial charge in [0.05, 0.1) is 12.2 Å². The topological polar surface area (TPSA) is 68.2 Å². The highest BCUT2D eigenvalue weighted by molar-refractivity contribution is 5.74. The first-order chi connectivity index (χ1) is 12.3. The molecule has 0 aliphatic heterocycles. The van der Waals surface area contributed by atoms with Crippen LogP contribution >= 0.6 is 0 Å². The fourth-order valence-electron chi connectivity index (χ4n) is 2.23. The van der Waals surface area contributed by atoms with Crippen molar-refractivity contribution in [3.63, 3.8) is 0 Å². The van der Waals surface area contributed by atoms with Crippen molar-refractivity contribution >= 4 is 12.2 Å². The van der Waals surface area contributed by atoms with Gasteiger partial charge in [-0.25, -0.2) is 9.97 Å². The number of benzene rings is 1. The third-order valence-corrected chi connectivity index (χ3v) is 3.65. The smallest absolute Gasteiger partial charge is 0.225 e. The molecular formula is C19H18N4O2. The highest BCUT2D eigenvalue weighted by atomic mass is 16.5. The number of hydrogen-bond acceptors (Lipinski definition) is 6. The molecule has 0 saturated heterocycles. The van der Waals surface area contributed by atoms with Crippen LogP contribution in [-0.4, -0.2) is 41.4 Å². The number of hydrogen-bond donors (Lipinski definition) is 0. The van der Waals surface area contributed by atoms with E-state index in [0.29, 0.717) is 24.7 Å². The van der Waals surface area contributed by atoms with Gasteiger partial charge in [-0.2, -0.15) is 0 Å². The molecule has 0 aliphatic rings. The van der Waals surface area contributed by atoms with E-state index in [-0.39, 0.29) is 0 Å². The normalized spacial score (nSPS) is 10.3. The number of aromatic nitrogens is 3. The van der Waals surface area contributed by atoms with E-state index in [1.807, 2.05) is 30.1 Å². The predicted octanol–water partition coefficient (Wildman–Crippen LogP) is 2.87. The van der Waals surface area contributed by atoms with Crippen LogP contribution in [0.5, 0.6) is 5.75 Å². The number of pyridine rings is 1. The number of carbonyl (C=O) groups is 1. The summed E-state index contributed by atoms with van der Waals surface area (Å²) >= 11 is 0. The molecule has 6 heteroatoms. The molecule has 6 nitrogen and oxygen atoms in total. The Balaban J connectivity index is 1.54. The fraction of sp³-hybridized carbons (Fsp3) is 0.158. The maximum absolute atomic E-state index is 10.6. The summed E-state index contributed by atoms with van der Waals surface area (Å²) in [6.07, 6.45) is 6.08. The third kappa shape index (κ3) is 4.38. The van der Waals surface area contributed by atoms with Gasteiger partial charge in [-0.3, -0.25) is 9.78 Å². The van der Waals surface area contributed by atoms with Gasteiger partial charge in [-0.15, -0.1) is 0 Å². The lowest BCUT2D eigenvalue weighted by Crippen LogP contribution is -2.25. The summed E-state index contributed by atoms with van der Waals surface area (Å²) in [4.78, 5) is 25.6. The van der Waals surface area contributed by atoms with Crippen molar-refractivity contribution in [3.05, 3.63) is 66.6 Å². The second-order valence-electron chi connectivity index (χ2n) is 5.44. The van der Waals surface area contributed by atoms with Crippen LogP contribution in [0, 0.1) is 0 Å². The van der Waals surface area contributed by atoms with Gasteiger partial charge in [0.2, 0.25) is 5.95 Å². The fourth-order valence-corrected chi connectivity index (χ4v) is 2.23. The summed E-state index contributed by atoms with van der Waals surface area (Å²) < 4.78 is 5.67. The standard InChI is InChI=1S/C19H18N4O2/c1-23(10-11-25-17-7-5-15(14-24)6-8-17)19-21-12-16(13-22-19)18-4-2-3-9-20-18/h2-9,12-14H,10-11H2,1H3. The summed E-state index contributed by atoms with van der Waals surface area (Å²) in [7, 11) is 1.91. The zero-order chi connectivity index (χ0) is 17.5. The molecule has 1 aromatic carbocycles. The maximum Gasteiger partial charge on any atom is 0.225 e. The van der Waals surface area contributed by atoms with Crippen LogP contribution in [-0.2, 0) is 0 Å². The van der Waals surface area contributed by atoms with Crippen molar-refractivity contribution in [3.8, 4) is 17.0 Å². The van der Waals surface area contributed by atoms with Crippen LogP contribution in [0.25, 0.3) is 11.3 Å². The molecule has 126 valence electrons. The maximum atomic E-state index is 10.6. The summed E-state index contributed by atoms with van der Waals surface area (Å²) in [5.74, 6) is 1.35. The monoisotopic (exact) mass is 334 g/mol. The SMILES string of the molecule is CN(CCOc1ccc(C=O)cc1)c1ncc(-c2ccccn2)cn1. The number of carbonyl (C=O) groups excluding carboxylic acids is 1. The van der Waals surface area contributed by atoms with Gasteiger partial charge in [-0.05, 0) is 36.4 Å². The first-order valence-corrected chi connectivity index (χ1v) is 7.89. The minimum Gasteiger partial charge on any atom is -0.492 e. The number of nitrogens with zero attached hydrogens (tertiary/aromatic N) is 4. The number of anilines is 1. The van der Waals surface area contributed by atoms with Crippen molar-refractivity contribution < 1.29 is 9.53 Å². The van der Waals surface area contributed by atoms with Gasteiger partial charge in [0.15, 0.2) is 0 Å². The molecule has 0 unspecified atom stereocenters. The number of likely N-dealkylation sites (N-methyl/N-ethyl adjacent to an activating group) is 1. The molecule has 25 heavy (non-hydrogen) atoms. The molecule has 0 saturated carbocycles. The highest BCUT2D eigenvalue weighted by Crippen LogP contribution is 2.16. The third-order valence-electron chi connectivity index (χ3n) is 3.65. The van der Waals surface area contributed by atoms with Crippen molar-refractivity contribution in [1.29, 1.82) is 0 Å². The highest BCUT2D eigenvalue weighted by Gasteiger charge is 2.06. The first kappa shape index (κ1) is 16.6. The second kappa shape index (κ2) is 8.01. The molecule has 3 aromatic rings. The summed E-state index contributed by atoms with van der Waals surface area (Å²) in [5, 5.41) is 0. The van der Waals surface area contributed by atoms with E-state index < -0.39 is 0 Å². The van der Waals surface area contributed by atoms with Crippen LogP contribution in [0.15, 0.2) is 61.1 Å². The van der Waals surface area contributed by atoms with Crippen LogP contribution in [0.2, 0.25) is 0 Å². The molecule has 0 fully saturated rings. The Bertz CT molecular complexity index is 805. The molecule has 0 aliphatic carbocycles. The minimum atomic E-state index is 0.488. The van der Waals surface area contributed by atoms with Crippen LogP contribution in [0.4, 0.5) is 5.95 Å². The Morgan fingerprint density at radius 3 is 2.44 bits per heavy atom. The summed E-state index contributed by atoms with van der Waals surface area (Å²) in [6, 6.07) is 12.7. The van der Waals surface area contributed by atoms with Crippen LogP contribution < -0.4 is 9.64 Å². The van der Waals surface area contributed by atoms with Crippen LogP contribution in [0.3, 0.4) is 0 Å². The van der Waals surface area contributed by atoms with E-state index in [1.165, 1.54) is 0 Å². The van der Waals surface area contributed by atoms with Crippen LogP contribution in [0.1, 0.15) is 10.4 Å². The molecule has 0 spiro atoms. The lowest BCUT2D eigenvalue weighted by Gasteiger charge is -2.17. The van der Waals surface area contributed by atoms with Crippen molar-refractivity contribution in [1.82, 2.24) is 15.0 Å². The molecule has 2 heterocycles. The molecule has 0 radical (unpaired) electrons. The molecular weight excluding hydrogens is 316 g/mol. The summed E-state index contributed by atoms with van der Waals surface area (Å²) in [6.45, 7) is 1.13. The second-order valence-corrected chi connectivity index (χ2v) is 5.44. The van der Waals surface area contributed by atoms with Crippen molar-refractivity contribution in [2.75, 3.05) is 25.1 Å². The van der Waals surface area contributed by atoms with E-state index >= 15 is 0 Å². The Morgan fingerprint density at radius 1 is 1.04 bits per heavy atom. The van der Waals surface area contributed by atoms with Gasteiger partial charge in [0, 0.05) is 36.8 Å². The zero-order valence-electron chi connectivity index (χ0n) is 13.9. The lowest BCUT2D eigenvalue weighted by atomic mass is 10.2. The minimum absolute atomic E-state index is 0.488. The van der Waals surface area contributed by atoms with Gasteiger partial charge in [-0.1, -0.05) is 6.07 Å². The molecule has 0 amide bonds. The van der Waals surface area contributed by atoms with Gasteiger partial charge in [0.1, 0.15) is 18.6 Å². The molecule has 3 rings (SSSR count). The Hall–Kier alpha value is -3.28. The van der Waals surface area contributed by atoms with Crippen molar-refractivity contribution in [2.24, 2.45) is 0 Å². The Morgan fingerprint density at radius 2 is 1.80 bits per heavy atom. The average molecular weight is 334 g/mol. The predicted molar refractivity (Wildman–Crippen MR) is 95.9 cm³/mol. The number of ether oxygens (including phenoxy) is 1. The molecule has 0 bridgehead atoms. The molecule has 2 aromatic heterocycles. The Labute approximate surface area is 146 Å². The van der Waals surface area contributed by atoms with E-state index in [9.17, 15) is 4.79 Å². The van der Waals surface area contributed by atoms with Gasteiger partial charge in [0.25, 0.3) is 0 Å². The lowest BCUT2D eigenvalue weighted by molar-refractivity contribution is 0.112. The average Bonchev–Trinajstić information content (AvgIpc) is 2.69. The van der Waals surface area contributed by atoms with E-state index in [4.69, 9.17) is 4.74 Å². The first-order valence-electron chi connectivity index (χ1n) is 7.89. The molecule has 0 N–H and O–H groups in total. The largest absolute Gasteiger partial charge is 0.492 e. The Kier molecular flexibility index (Phi) is 5.31.